The third-order valence-corrected chi connectivity index (χ3v) is 2.36. The van der Waals surface area contributed by atoms with Crippen LogP contribution in [-0.2, 0) is 11.3 Å². The second-order valence-corrected chi connectivity index (χ2v) is 3.61. The first kappa shape index (κ1) is 9.98. The molecule has 0 saturated carbocycles. The lowest BCUT2D eigenvalue weighted by atomic mass is 10.1. The maximum atomic E-state index is 11.3. The molecule has 0 radical (unpaired) electrons. The third kappa shape index (κ3) is 1.94. The van der Waals surface area contributed by atoms with Crippen LogP contribution in [0.5, 0.6) is 5.75 Å². The van der Waals surface area contributed by atoms with Crippen molar-refractivity contribution in [2.75, 3.05) is 12.4 Å². The fraction of sp³-hybridized carbons (Fsp3) is 0.364. The van der Waals surface area contributed by atoms with Crippen molar-refractivity contribution in [3.63, 3.8) is 0 Å². The van der Waals surface area contributed by atoms with Gasteiger partial charge >= 0.3 is 0 Å². The molecular weight excluding hydrogens is 192 g/mol. The molecule has 0 saturated heterocycles. The minimum atomic E-state index is -0.415. The van der Waals surface area contributed by atoms with Gasteiger partial charge in [-0.15, -0.1) is 0 Å². The molecule has 1 aromatic carbocycles. The van der Waals surface area contributed by atoms with Crippen molar-refractivity contribution in [2.24, 2.45) is 0 Å². The average Bonchev–Trinajstić information content (AvgIpc) is 2.21. The van der Waals surface area contributed by atoms with Gasteiger partial charge in [0.05, 0.1) is 5.69 Å². The molecular formula is C11H14N2O2. The Bertz CT molecular complexity index is 390. The molecule has 1 unspecified atom stereocenters. The molecule has 0 aliphatic carbocycles. The Balaban J connectivity index is 2.29. The molecule has 0 spiro atoms. The molecule has 4 nitrogen and oxygen atoms in total. The van der Waals surface area contributed by atoms with Gasteiger partial charge in [-0.1, -0.05) is 6.07 Å². The predicted molar refractivity (Wildman–Crippen MR) is 57.9 cm³/mol. The van der Waals surface area contributed by atoms with Gasteiger partial charge in [0, 0.05) is 6.54 Å². The monoisotopic (exact) mass is 206 g/mol. The smallest absolute Gasteiger partial charge is 0.265 e. The van der Waals surface area contributed by atoms with Crippen LogP contribution in [0.1, 0.15) is 12.5 Å². The zero-order chi connectivity index (χ0) is 10.8. The quantitative estimate of drug-likeness (QED) is 0.762. The lowest BCUT2D eigenvalue weighted by Crippen LogP contribution is -2.34. The lowest BCUT2D eigenvalue weighted by Gasteiger charge is -2.23. The number of hydrogen-bond donors (Lipinski definition) is 2. The minimum absolute atomic E-state index is 0.0936. The highest BCUT2D eigenvalue weighted by atomic mass is 16.5. The number of nitrogens with one attached hydrogen (secondary N) is 2. The highest BCUT2D eigenvalue weighted by Crippen LogP contribution is 2.30. The standard InChI is InChI=1S/C11H14N2O2/c1-7-11(14)13-9-4-3-8(6-12-2)5-10(9)15-7/h3-5,7,12H,6H2,1-2H3,(H,13,14). The van der Waals surface area contributed by atoms with Crippen molar-refractivity contribution in [1.82, 2.24) is 5.32 Å². The zero-order valence-corrected chi connectivity index (χ0v) is 8.83. The van der Waals surface area contributed by atoms with E-state index in [9.17, 15) is 4.79 Å². The van der Waals surface area contributed by atoms with Crippen molar-refractivity contribution in [2.45, 2.75) is 19.6 Å². The normalized spacial score (nSPS) is 19.1. The Morgan fingerprint density at radius 2 is 2.33 bits per heavy atom. The molecule has 2 N–H and O–H groups in total. The van der Waals surface area contributed by atoms with Crippen LogP contribution >= 0.6 is 0 Å². The van der Waals surface area contributed by atoms with E-state index in [-0.39, 0.29) is 5.91 Å². The summed E-state index contributed by atoms with van der Waals surface area (Å²) < 4.78 is 5.49. The zero-order valence-electron chi connectivity index (χ0n) is 8.83. The topological polar surface area (TPSA) is 50.4 Å². The summed E-state index contributed by atoms with van der Waals surface area (Å²) in [6, 6.07) is 5.78. The Hall–Kier alpha value is -1.55. The van der Waals surface area contributed by atoms with Gasteiger partial charge in [-0.2, -0.15) is 0 Å². The fourth-order valence-corrected chi connectivity index (χ4v) is 1.56. The van der Waals surface area contributed by atoms with Gasteiger partial charge < -0.3 is 15.4 Å². The second kappa shape index (κ2) is 3.90. The lowest BCUT2D eigenvalue weighted by molar-refractivity contribution is -0.122. The summed E-state index contributed by atoms with van der Waals surface area (Å²) in [6.45, 7) is 2.53. The molecule has 15 heavy (non-hydrogen) atoms. The van der Waals surface area contributed by atoms with Crippen LogP contribution in [0.4, 0.5) is 5.69 Å². The first-order chi connectivity index (χ1) is 7.20. The Labute approximate surface area is 88.6 Å². The van der Waals surface area contributed by atoms with Crippen molar-refractivity contribution in [1.29, 1.82) is 0 Å². The molecule has 1 amide bonds. The number of carbonyl (C=O) groups excluding carboxylic acids is 1. The second-order valence-electron chi connectivity index (χ2n) is 3.61. The summed E-state index contributed by atoms with van der Waals surface area (Å²) in [4.78, 5) is 11.3. The summed E-state index contributed by atoms with van der Waals surface area (Å²) in [5, 5.41) is 5.86. The molecule has 0 fully saturated rings. The molecule has 0 bridgehead atoms. The van der Waals surface area contributed by atoms with Gasteiger partial charge in [0.1, 0.15) is 5.75 Å². The van der Waals surface area contributed by atoms with Crippen LogP contribution < -0.4 is 15.4 Å². The number of hydrogen-bond acceptors (Lipinski definition) is 3. The molecule has 1 heterocycles. The largest absolute Gasteiger partial charge is 0.479 e. The molecule has 80 valence electrons. The van der Waals surface area contributed by atoms with Crippen LogP contribution in [0, 0.1) is 0 Å². The average molecular weight is 206 g/mol. The van der Waals surface area contributed by atoms with E-state index < -0.39 is 6.10 Å². The van der Waals surface area contributed by atoms with E-state index in [1.807, 2.05) is 25.2 Å². The van der Waals surface area contributed by atoms with E-state index in [4.69, 9.17) is 4.74 Å². The van der Waals surface area contributed by atoms with E-state index in [0.717, 1.165) is 23.5 Å². The number of fused-ring (bicyclic) bond motifs is 1. The third-order valence-electron chi connectivity index (χ3n) is 2.36. The van der Waals surface area contributed by atoms with E-state index in [2.05, 4.69) is 10.6 Å². The van der Waals surface area contributed by atoms with Gasteiger partial charge in [-0.3, -0.25) is 4.79 Å². The Morgan fingerprint density at radius 1 is 1.53 bits per heavy atom. The fourth-order valence-electron chi connectivity index (χ4n) is 1.56. The van der Waals surface area contributed by atoms with Crippen LogP contribution in [0.25, 0.3) is 0 Å². The number of amides is 1. The SMILES string of the molecule is CNCc1ccc2c(c1)OC(C)C(=O)N2. The van der Waals surface area contributed by atoms with E-state index >= 15 is 0 Å². The number of rotatable bonds is 2. The molecule has 4 heteroatoms. The molecule has 2 rings (SSSR count). The van der Waals surface area contributed by atoms with E-state index in [0.29, 0.717) is 0 Å². The van der Waals surface area contributed by atoms with E-state index in [1.165, 1.54) is 0 Å². The maximum Gasteiger partial charge on any atom is 0.265 e. The number of ether oxygens (including phenoxy) is 1. The van der Waals surface area contributed by atoms with Crippen molar-refractivity contribution < 1.29 is 9.53 Å². The molecule has 1 atom stereocenters. The first-order valence-corrected chi connectivity index (χ1v) is 4.96. The van der Waals surface area contributed by atoms with Gasteiger partial charge in [0.2, 0.25) is 0 Å². The molecule has 1 aromatic rings. The predicted octanol–water partition coefficient (Wildman–Crippen LogP) is 1.13. The van der Waals surface area contributed by atoms with Crippen molar-refractivity contribution in [3.05, 3.63) is 23.8 Å². The van der Waals surface area contributed by atoms with Gasteiger partial charge in [0.25, 0.3) is 5.91 Å². The molecule has 1 aliphatic rings. The number of benzene rings is 1. The summed E-state index contributed by atoms with van der Waals surface area (Å²) in [7, 11) is 1.89. The van der Waals surface area contributed by atoms with Crippen molar-refractivity contribution >= 4 is 11.6 Å². The maximum absolute atomic E-state index is 11.3. The number of anilines is 1. The molecule has 1 aliphatic heterocycles. The first-order valence-electron chi connectivity index (χ1n) is 4.96. The summed E-state index contributed by atoms with van der Waals surface area (Å²) in [5.74, 6) is 0.652. The van der Waals surface area contributed by atoms with Crippen molar-refractivity contribution in [3.8, 4) is 5.75 Å². The summed E-state index contributed by atoms with van der Waals surface area (Å²) in [6.07, 6.45) is -0.415. The Morgan fingerprint density at radius 3 is 3.07 bits per heavy atom. The van der Waals surface area contributed by atoms with Crippen LogP contribution in [0.3, 0.4) is 0 Å². The van der Waals surface area contributed by atoms with E-state index in [1.54, 1.807) is 6.92 Å². The summed E-state index contributed by atoms with van der Waals surface area (Å²) in [5.41, 5.74) is 1.89. The van der Waals surface area contributed by atoms with Gasteiger partial charge in [0.15, 0.2) is 6.10 Å². The Kier molecular flexibility index (Phi) is 2.60. The highest BCUT2D eigenvalue weighted by molar-refractivity contribution is 5.97. The highest BCUT2D eigenvalue weighted by Gasteiger charge is 2.23. The van der Waals surface area contributed by atoms with Crippen LogP contribution in [0.2, 0.25) is 0 Å². The molecule has 0 aromatic heterocycles. The minimum Gasteiger partial charge on any atom is -0.479 e. The van der Waals surface area contributed by atoms with Crippen LogP contribution in [-0.4, -0.2) is 19.1 Å². The van der Waals surface area contributed by atoms with Gasteiger partial charge in [-0.25, -0.2) is 0 Å². The van der Waals surface area contributed by atoms with Crippen LogP contribution in [0.15, 0.2) is 18.2 Å². The summed E-state index contributed by atoms with van der Waals surface area (Å²) >= 11 is 0. The number of carbonyl (C=O) groups is 1. The van der Waals surface area contributed by atoms with Gasteiger partial charge in [-0.05, 0) is 31.7 Å².